The molecular weight excluding hydrogens is 827 g/mol. The molecule has 0 spiro atoms. The van der Waals surface area contributed by atoms with Crippen molar-refractivity contribution in [3.05, 3.63) is 211 Å². The highest BCUT2D eigenvalue weighted by Gasteiger charge is 2.28. The van der Waals surface area contributed by atoms with Gasteiger partial charge in [-0.1, -0.05) is 133 Å². The second-order valence-corrected chi connectivity index (χ2v) is 18.4. The Bertz CT molecular complexity index is 4410. The Morgan fingerprint density at radius 2 is 1.06 bits per heavy atom. The third-order valence-corrected chi connectivity index (χ3v) is 14.9. The monoisotopic (exact) mass is 861 g/mol. The molecule has 1 aliphatic rings. The van der Waals surface area contributed by atoms with E-state index >= 15 is 0 Å². The maximum atomic E-state index is 7.01. The predicted octanol–water partition coefficient (Wildman–Crippen LogP) is 15.4. The zero-order chi connectivity index (χ0) is 43.0. The molecule has 0 saturated heterocycles. The molecular formula is C59H35N5OS. The fourth-order valence-corrected chi connectivity index (χ4v) is 12.0. The van der Waals surface area contributed by atoms with E-state index in [1.54, 1.807) is 11.3 Å². The van der Waals surface area contributed by atoms with Crippen molar-refractivity contribution in [2.75, 3.05) is 0 Å². The Kier molecular flexibility index (Phi) is 7.34. The quantitative estimate of drug-likeness (QED) is 0.192. The van der Waals surface area contributed by atoms with Crippen LogP contribution in [0.4, 0.5) is 0 Å². The van der Waals surface area contributed by atoms with E-state index in [1.165, 1.54) is 52.5 Å². The summed E-state index contributed by atoms with van der Waals surface area (Å²) >= 11 is 1.81. The lowest BCUT2D eigenvalue weighted by Crippen LogP contribution is -2.36. The molecule has 1 unspecified atom stereocenters. The lowest BCUT2D eigenvalue weighted by Gasteiger charge is -2.26. The van der Waals surface area contributed by atoms with Gasteiger partial charge in [0.25, 0.3) is 0 Å². The minimum absolute atomic E-state index is 0.526. The molecule has 4 aromatic heterocycles. The summed E-state index contributed by atoms with van der Waals surface area (Å²) in [6.45, 7) is 0. The van der Waals surface area contributed by atoms with Crippen LogP contribution in [0.2, 0.25) is 0 Å². The van der Waals surface area contributed by atoms with Crippen molar-refractivity contribution in [2.24, 2.45) is 9.98 Å². The van der Waals surface area contributed by atoms with Gasteiger partial charge in [-0.05, 0) is 88.3 Å². The van der Waals surface area contributed by atoms with E-state index in [1.807, 2.05) is 0 Å². The lowest BCUT2D eigenvalue weighted by molar-refractivity contribution is 0.516. The van der Waals surface area contributed by atoms with Gasteiger partial charge in [-0.3, -0.25) is 0 Å². The van der Waals surface area contributed by atoms with E-state index in [2.05, 4.69) is 215 Å². The van der Waals surface area contributed by atoms with Crippen LogP contribution >= 0.6 is 11.3 Å². The normalized spacial score (nSPS) is 14.5. The van der Waals surface area contributed by atoms with E-state index in [-0.39, 0.29) is 0 Å². The first-order valence-electron chi connectivity index (χ1n) is 22.3. The summed E-state index contributed by atoms with van der Waals surface area (Å²) in [5, 5.41) is 17.9. The second-order valence-electron chi connectivity index (χ2n) is 17.4. The minimum Gasteiger partial charge on any atom is -0.456 e. The maximum Gasteiger partial charge on any atom is 0.204 e. The first kappa shape index (κ1) is 35.9. The van der Waals surface area contributed by atoms with Crippen LogP contribution in [0.15, 0.2) is 215 Å². The molecule has 10 aromatic carbocycles. The number of amidine groups is 2. The fourth-order valence-electron chi connectivity index (χ4n) is 10.8. The molecule has 308 valence electrons. The van der Waals surface area contributed by atoms with Gasteiger partial charge in [0.05, 0.1) is 33.1 Å². The van der Waals surface area contributed by atoms with Crippen molar-refractivity contribution < 1.29 is 4.42 Å². The van der Waals surface area contributed by atoms with Gasteiger partial charge in [0.1, 0.15) is 17.0 Å². The number of hydrogen-bond donors (Lipinski definition) is 1. The van der Waals surface area contributed by atoms with E-state index in [4.69, 9.17) is 14.4 Å². The molecule has 0 amide bonds. The Morgan fingerprint density at radius 1 is 0.470 bits per heavy atom. The molecule has 14 aromatic rings. The highest BCUT2D eigenvalue weighted by atomic mass is 32.1. The number of nitrogens with zero attached hydrogens (tertiary/aromatic N) is 4. The van der Waals surface area contributed by atoms with Crippen molar-refractivity contribution >= 4 is 130 Å². The smallest absolute Gasteiger partial charge is 0.204 e. The van der Waals surface area contributed by atoms with E-state index in [9.17, 15) is 0 Å². The standard InChI is InChI=1S/C59H35N5OS/c1-3-16-36-30-50-45(28-34(36)14-1)41-20-7-9-24-47(41)63(50)51-31-38(33-53-55(51)46-29-35-15-2-4-17-37(35)32-52(46)65-53)57-60-58(44-23-13-22-43-42-21-8-12-27-54(42)66-56(43)44)62-59(61-57)64-48-25-10-5-18-39(48)40-19-6-11-26-49(40)64/h1-33,59H,(H,60,61,62). The number of aliphatic imine (C=N–C) groups is 2. The first-order valence-corrected chi connectivity index (χ1v) is 23.1. The van der Waals surface area contributed by atoms with Crippen LogP contribution in [0.3, 0.4) is 0 Å². The highest BCUT2D eigenvalue weighted by molar-refractivity contribution is 7.26. The molecule has 0 fully saturated rings. The number of nitrogens with one attached hydrogen (secondary N) is 1. The number of hydrogen-bond acceptors (Lipinski definition) is 5. The third kappa shape index (κ3) is 5.11. The number of aromatic nitrogens is 2. The molecule has 1 N–H and O–H groups in total. The third-order valence-electron chi connectivity index (χ3n) is 13.7. The molecule has 5 heterocycles. The maximum absolute atomic E-state index is 7.01. The molecule has 15 rings (SSSR count). The molecule has 6 nitrogen and oxygen atoms in total. The van der Waals surface area contributed by atoms with Gasteiger partial charge in [-0.15, -0.1) is 11.3 Å². The number of benzene rings is 10. The van der Waals surface area contributed by atoms with Gasteiger partial charge in [0.2, 0.25) is 6.29 Å². The summed E-state index contributed by atoms with van der Waals surface area (Å²) in [6, 6.07) is 71.9. The van der Waals surface area contributed by atoms with Gasteiger partial charge in [-0.25, -0.2) is 9.98 Å². The van der Waals surface area contributed by atoms with E-state index in [0.29, 0.717) is 5.84 Å². The second kappa shape index (κ2) is 13.5. The van der Waals surface area contributed by atoms with Crippen molar-refractivity contribution in [3.63, 3.8) is 0 Å². The molecule has 1 atom stereocenters. The number of furan rings is 1. The van der Waals surface area contributed by atoms with Gasteiger partial charge >= 0.3 is 0 Å². The number of rotatable bonds is 4. The summed E-state index contributed by atoms with van der Waals surface area (Å²) in [4.78, 5) is 11.2. The van der Waals surface area contributed by atoms with Gasteiger partial charge in [-0.2, -0.15) is 0 Å². The molecule has 7 heteroatoms. The average molecular weight is 862 g/mol. The molecule has 0 bridgehead atoms. The largest absolute Gasteiger partial charge is 0.456 e. The first-order chi connectivity index (χ1) is 32.7. The van der Waals surface area contributed by atoms with Crippen LogP contribution < -0.4 is 5.32 Å². The Hall–Kier alpha value is -8.52. The highest BCUT2D eigenvalue weighted by Crippen LogP contribution is 2.43. The van der Waals surface area contributed by atoms with Crippen LogP contribution in [0.5, 0.6) is 0 Å². The zero-order valence-corrected chi connectivity index (χ0v) is 36.1. The van der Waals surface area contributed by atoms with Crippen LogP contribution in [0, 0.1) is 0 Å². The molecule has 0 saturated carbocycles. The van der Waals surface area contributed by atoms with Crippen molar-refractivity contribution in [2.45, 2.75) is 6.29 Å². The SMILES string of the molecule is c1ccc2cc3c(cc2c1)oc1cc(C2=NC(n4c5ccccc5c5ccccc54)NC(c4cccc5c4sc4ccccc45)=N2)cc(-n2c4ccccc4c4cc5ccccc5cc42)c13. The van der Waals surface area contributed by atoms with Gasteiger partial charge in [0.15, 0.2) is 5.84 Å². The van der Waals surface area contributed by atoms with Gasteiger partial charge < -0.3 is 18.9 Å². The van der Waals surface area contributed by atoms with Crippen LogP contribution in [-0.4, -0.2) is 20.8 Å². The fraction of sp³-hybridized carbons (Fsp3) is 0.0169. The Labute approximate surface area is 380 Å². The minimum atomic E-state index is -0.526. The summed E-state index contributed by atoms with van der Waals surface area (Å²) < 4.78 is 14.2. The molecule has 0 radical (unpaired) electrons. The predicted molar refractivity (Wildman–Crippen MR) is 277 cm³/mol. The van der Waals surface area contributed by atoms with Crippen molar-refractivity contribution in [1.29, 1.82) is 0 Å². The number of fused-ring (bicyclic) bond motifs is 14. The Balaban J connectivity index is 1.05. The van der Waals surface area contributed by atoms with Crippen LogP contribution in [0.25, 0.3) is 113 Å². The zero-order valence-electron chi connectivity index (χ0n) is 35.2. The van der Waals surface area contributed by atoms with E-state index in [0.717, 1.165) is 77.4 Å². The van der Waals surface area contributed by atoms with Crippen molar-refractivity contribution in [1.82, 2.24) is 14.5 Å². The summed E-state index contributed by atoms with van der Waals surface area (Å²) in [6.07, 6.45) is -0.526. The topological polar surface area (TPSA) is 59.8 Å². The average Bonchev–Trinajstić information content (AvgIpc) is 4.12. The van der Waals surface area contributed by atoms with Crippen LogP contribution in [-0.2, 0) is 0 Å². The summed E-state index contributed by atoms with van der Waals surface area (Å²) in [5.74, 6) is 1.39. The van der Waals surface area contributed by atoms with Crippen molar-refractivity contribution in [3.8, 4) is 5.69 Å². The summed E-state index contributed by atoms with van der Waals surface area (Å²) in [5.41, 5.74) is 8.96. The Morgan fingerprint density at radius 3 is 1.80 bits per heavy atom. The molecule has 0 aliphatic carbocycles. The summed E-state index contributed by atoms with van der Waals surface area (Å²) in [7, 11) is 0. The molecule has 1 aliphatic heterocycles. The number of para-hydroxylation sites is 3. The molecule has 66 heavy (non-hydrogen) atoms. The number of thiophene rings is 1. The van der Waals surface area contributed by atoms with E-state index < -0.39 is 6.29 Å². The van der Waals surface area contributed by atoms with Gasteiger partial charge in [0, 0.05) is 58.2 Å². The van der Waals surface area contributed by atoms with Crippen LogP contribution in [0.1, 0.15) is 17.4 Å². The lowest BCUT2D eigenvalue weighted by atomic mass is 10.0.